The Labute approximate surface area is 134 Å². The molecule has 0 spiro atoms. The number of aliphatic hydroxyl groups is 5. The van der Waals surface area contributed by atoms with Crippen LogP contribution >= 0.6 is 0 Å². The lowest BCUT2D eigenvalue weighted by Gasteiger charge is -2.42. The number of aliphatic hydroxyl groups excluding tert-OH is 5. The monoisotopic (exact) mass is 338 g/mol. The van der Waals surface area contributed by atoms with E-state index >= 15 is 0 Å². The predicted molar refractivity (Wildman–Crippen MR) is 75.2 cm³/mol. The number of hydrogen-bond donors (Lipinski definition) is 5. The van der Waals surface area contributed by atoms with Crippen molar-refractivity contribution in [1.29, 1.82) is 0 Å². The second-order valence-corrected chi connectivity index (χ2v) is 5.73. The van der Waals surface area contributed by atoms with Crippen LogP contribution < -0.4 is 0 Å². The standard InChI is InChI=1S/C14H26O9/c1-2-20-11-4-8(18)14(10(6-16)22-11)23-12-3-7(17)13(19)9(5-15)21-12/h7-19H,2-6H2,1H3/t7-,8?,9?,10?,11?,12-,13+,14+/m1/s1. The topological polar surface area (TPSA) is 138 Å². The molecule has 2 aliphatic heterocycles. The van der Waals surface area contributed by atoms with E-state index in [0.29, 0.717) is 6.61 Å². The van der Waals surface area contributed by atoms with Crippen molar-refractivity contribution in [3.63, 3.8) is 0 Å². The molecule has 0 aliphatic carbocycles. The summed E-state index contributed by atoms with van der Waals surface area (Å²) in [6, 6.07) is 0. The number of rotatable bonds is 6. The summed E-state index contributed by atoms with van der Waals surface area (Å²) in [5.41, 5.74) is 0. The highest BCUT2D eigenvalue weighted by atomic mass is 16.7. The van der Waals surface area contributed by atoms with E-state index in [1.807, 2.05) is 0 Å². The van der Waals surface area contributed by atoms with Crippen molar-refractivity contribution in [2.75, 3.05) is 19.8 Å². The second kappa shape index (κ2) is 8.65. The van der Waals surface area contributed by atoms with Crippen molar-refractivity contribution < 1.29 is 44.5 Å². The van der Waals surface area contributed by atoms with Crippen molar-refractivity contribution in [2.24, 2.45) is 0 Å². The molecular formula is C14H26O9. The average molecular weight is 338 g/mol. The largest absolute Gasteiger partial charge is 0.394 e. The minimum atomic E-state index is -1.21. The quantitative estimate of drug-likeness (QED) is 0.362. The highest BCUT2D eigenvalue weighted by molar-refractivity contribution is 4.87. The Kier molecular flexibility index (Phi) is 7.14. The Balaban J connectivity index is 1.97. The van der Waals surface area contributed by atoms with Gasteiger partial charge in [-0.3, -0.25) is 0 Å². The molecule has 5 N–H and O–H groups in total. The summed E-state index contributed by atoms with van der Waals surface area (Å²) in [6.45, 7) is 1.35. The molecule has 136 valence electrons. The number of ether oxygens (including phenoxy) is 4. The Morgan fingerprint density at radius 2 is 1.52 bits per heavy atom. The molecule has 4 unspecified atom stereocenters. The van der Waals surface area contributed by atoms with Gasteiger partial charge in [-0.2, -0.15) is 0 Å². The summed E-state index contributed by atoms with van der Waals surface area (Å²) in [6.07, 6.45) is -7.33. The number of hydrogen-bond acceptors (Lipinski definition) is 9. The third kappa shape index (κ3) is 4.59. The summed E-state index contributed by atoms with van der Waals surface area (Å²) in [7, 11) is 0. The zero-order valence-electron chi connectivity index (χ0n) is 13.0. The van der Waals surface area contributed by atoms with Gasteiger partial charge in [0, 0.05) is 19.4 Å². The molecular weight excluding hydrogens is 312 g/mol. The fraction of sp³-hybridized carbons (Fsp3) is 1.00. The van der Waals surface area contributed by atoms with Gasteiger partial charge in [-0.25, -0.2) is 0 Å². The van der Waals surface area contributed by atoms with Crippen LogP contribution in [0.25, 0.3) is 0 Å². The lowest BCUT2D eigenvalue weighted by Crippen LogP contribution is -2.56. The van der Waals surface area contributed by atoms with Gasteiger partial charge < -0.3 is 44.5 Å². The van der Waals surface area contributed by atoms with E-state index in [1.54, 1.807) is 6.92 Å². The summed E-state index contributed by atoms with van der Waals surface area (Å²) < 4.78 is 21.8. The molecule has 0 saturated carbocycles. The average Bonchev–Trinajstić information content (AvgIpc) is 2.53. The third-order valence-corrected chi connectivity index (χ3v) is 4.06. The van der Waals surface area contributed by atoms with Crippen LogP contribution in [-0.2, 0) is 18.9 Å². The van der Waals surface area contributed by atoms with Crippen LogP contribution in [0.4, 0.5) is 0 Å². The Morgan fingerprint density at radius 1 is 0.913 bits per heavy atom. The molecule has 2 aliphatic rings. The molecule has 0 aromatic rings. The first-order chi connectivity index (χ1) is 11.0. The minimum absolute atomic E-state index is 0.0199. The maximum atomic E-state index is 10.2. The Bertz CT molecular complexity index is 355. The van der Waals surface area contributed by atoms with Gasteiger partial charge in [-0.05, 0) is 6.92 Å². The fourth-order valence-corrected chi connectivity index (χ4v) is 2.85. The molecule has 9 nitrogen and oxygen atoms in total. The van der Waals surface area contributed by atoms with E-state index in [-0.39, 0.29) is 19.4 Å². The maximum absolute atomic E-state index is 10.2. The van der Waals surface area contributed by atoms with Gasteiger partial charge in [0.2, 0.25) is 0 Å². The maximum Gasteiger partial charge on any atom is 0.161 e. The minimum Gasteiger partial charge on any atom is -0.394 e. The van der Waals surface area contributed by atoms with Crippen molar-refractivity contribution in [3.05, 3.63) is 0 Å². The first-order valence-electron chi connectivity index (χ1n) is 7.84. The summed E-state index contributed by atoms with van der Waals surface area (Å²) in [5, 5.41) is 48.3. The summed E-state index contributed by atoms with van der Waals surface area (Å²) in [5.74, 6) is 0. The second-order valence-electron chi connectivity index (χ2n) is 5.73. The molecule has 0 bridgehead atoms. The molecule has 2 fully saturated rings. The zero-order chi connectivity index (χ0) is 17.0. The molecule has 0 amide bonds. The molecule has 2 heterocycles. The van der Waals surface area contributed by atoms with Crippen LogP contribution in [0.2, 0.25) is 0 Å². The van der Waals surface area contributed by atoms with Crippen molar-refractivity contribution in [3.8, 4) is 0 Å². The van der Waals surface area contributed by atoms with Crippen LogP contribution in [0.5, 0.6) is 0 Å². The predicted octanol–water partition coefficient (Wildman–Crippen LogP) is -2.29. The van der Waals surface area contributed by atoms with Gasteiger partial charge in [-0.15, -0.1) is 0 Å². The molecule has 9 heteroatoms. The van der Waals surface area contributed by atoms with Crippen LogP contribution in [-0.4, -0.2) is 94.6 Å². The summed E-state index contributed by atoms with van der Waals surface area (Å²) in [4.78, 5) is 0. The van der Waals surface area contributed by atoms with Crippen LogP contribution in [0, 0.1) is 0 Å². The molecule has 23 heavy (non-hydrogen) atoms. The molecule has 2 saturated heterocycles. The summed E-state index contributed by atoms with van der Waals surface area (Å²) >= 11 is 0. The van der Waals surface area contributed by atoms with Gasteiger partial charge in [0.1, 0.15) is 24.4 Å². The van der Waals surface area contributed by atoms with Gasteiger partial charge in [-0.1, -0.05) is 0 Å². The highest BCUT2D eigenvalue weighted by Gasteiger charge is 2.43. The van der Waals surface area contributed by atoms with Gasteiger partial charge in [0.05, 0.1) is 25.4 Å². The van der Waals surface area contributed by atoms with E-state index in [1.165, 1.54) is 0 Å². The smallest absolute Gasteiger partial charge is 0.161 e. The van der Waals surface area contributed by atoms with Crippen molar-refractivity contribution in [1.82, 2.24) is 0 Å². The van der Waals surface area contributed by atoms with E-state index in [0.717, 1.165) is 0 Å². The van der Waals surface area contributed by atoms with Crippen molar-refractivity contribution in [2.45, 2.75) is 69.0 Å². The molecule has 2 rings (SSSR count). The van der Waals surface area contributed by atoms with Gasteiger partial charge >= 0.3 is 0 Å². The van der Waals surface area contributed by atoms with E-state index in [9.17, 15) is 20.4 Å². The molecule has 0 radical (unpaired) electrons. The molecule has 8 atom stereocenters. The molecule has 0 aromatic carbocycles. The van der Waals surface area contributed by atoms with Gasteiger partial charge in [0.25, 0.3) is 0 Å². The van der Waals surface area contributed by atoms with E-state index in [4.69, 9.17) is 24.1 Å². The highest BCUT2D eigenvalue weighted by Crippen LogP contribution is 2.28. The van der Waals surface area contributed by atoms with E-state index in [2.05, 4.69) is 0 Å². The SMILES string of the molecule is CCOC1CC(O)[C@H](O[C@@H]2C[C@@H](O)[C@H](O)C(CO)O2)C(CO)O1. The normalized spacial score (nSPS) is 45.1. The third-order valence-electron chi connectivity index (χ3n) is 4.06. The zero-order valence-corrected chi connectivity index (χ0v) is 13.0. The Hall–Kier alpha value is -0.360. The van der Waals surface area contributed by atoms with E-state index < -0.39 is 55.8 Å². The Morgan fingerprint density at radius 3 is 2.13 bits per heavy atom. The first-order valence-corrected chi connectivity index (χ1v) is 7.84. The first kappa shape index (κ1) is 19.0. The van der Waals surface area contributed by atoms with Crippen LogP contribution in [0.1, 0.15) is 19.8 Å². The molecule has 0 aromatic heterocycles. The lowest BCUT2D eigenvalue weighted by atomic mass is 10.00. The van der Waals surface area contributed by atoms with Crippen molar-refractivity contribution >= 4 is 0 Å². The fourth-order valence-electron chi connectivity index (χ4n) is 2.85. The lowest BCUT2D eigenvalue weighted by molar-refractivity contribution is -0.320. The van der Waals surface area contributed by atoms with Gasteiger partial charge in [0.15, 0.2) is 12.6 Å². The van der Waals surface area contributed by atoms with Crippen LogP contribution in [0.15, 0.2) is 0 Å². The van der Waals surface area contributed by atoms with Crippen LogP contribution in [0.3, 0.4) is 0 Å².